The highest BCUT2D eigenvalue weighted by molar-refractivity contribution is 7.22. The number of aryl methyl sites for hydroxylation is 1. The minimum Gasteiger partial charge on any atom is -0.302 e. The number of likely N-dealkylation sites (N-methyl/N-ethyl adjacent to an activating group) is 1. The second-order valence-electron chi connectivity index (χ2n) is 6.28. The number of hydrogen-bond acceptors (Lipinski definition) is 5. The number of halogens is 1. The SMILES string of the molecule is CCN(CC)CCN(C(=O)C=Cc1cccs1)c1nc2c(C)cccc2s1.Cl. The average molecular weight is 436 g/mol. The van der Waals surface area contributed by atoms with E-state index in [2.05, 4.69) is 37.8 Å². The molecule has 0 fully saturated rings. The second kappa shape index (κ2) is 10.7. The summed E-state index contributed by atoms with van der Waals surface area (Å²) in [6.07, 6.45) is 3.54. The van der Waals surface area contributed by atoms with Gasteiger partial charge >= 0.3 is 0 Å². The lowest BCUT2D eigenvalue weighted by molar-refractivity contribution is -0.114. The molecule has 1 aromatic carbocycles. The minimum atomic E-state index is -0.0211. The fraction of sp³-hybridized carbons (Fsp3) is 0.333. The summed E-state index contributed by atoms with van der Waals surface area (Å²) in [5.41, 5.74) is 2.13. The summed E-state index contributed by atoms with van der Waals surface area (Å²) < 4.78 is 1.12. The summed E-state index contributed by atoms with van der Waals surface area (Å²) in [4.78, 5) is 23.0. The van der Waals surface area contributed by atoms with E-state index >= 15 is 0 Å². The summed E-state index contributed by atoms with van der Waals surface area (Å²) in [5, 5.41) is 2.78. The number of thiophene rings is 1. The van der Waals surface area contributed by atoms with Gasteiger partial charge in [-0.25, -0.2) is 4.98 Å². The molecule has 2 heterocycles. The van der Waals surface area contributed by atoms with Crippen LogP contribution in [0.2, 0.25) is 0 Å². The normalized spacial score (nSPS) is 11.3. The lowest BCUT2D eigenvalue weighted by Gasteiger charge is -2.23. The van der Waals surface area contributed by atoms with Crippen LogP contribution in [0.15, 0.2) is 41.8 Å². The van der Waals surface area contributed by atoms with Gasteiger partial charge in [-0.05, 0) is 49.2 Å². The van der Waals surface area contributed by atoms with Crippen LogP contribution in [-0.2, 0) is 4.79 Å². The van der Waals surface area contributed by atoms with Gasteiger partial charge in [0.2, 0.25) is 0 Å². The number of amides is 1. The summed E-state index contributed by atoms with van der Waals surface area (Å²) >= 11 is 3.21. The Hall–Kier alpha value is -1.73. The van der Waals surface area contributed by atoms with E-state index in [-0.39, 0.29) is 18.3 Å². The monoisotopic (exact) mass is 435 g/mol. The molecule has 3 rings (SSSR count). The maximum absolute atomic E-state index is 13.0. The van der Waals surface area contributed by atoms with E-state index in [1.54, 1.807) is 28.7 Å². The van der Waals surface area contributed by atoms with Gasteiger partial charge < -0.3 is 4.90 Å². The Morgan fingerprint density at radius 2 is 1.93 bits per heavy atom. The van der Waals surface area contributed by atoms with Crippen molar-refractivity contribution in [3.8, 4) is 0 Å². The van der Waals surface area contributed by atoms with Crippen molar-refractivity contribution in [1.82, 2.24) is 9.88 Å². The first-order valence-electron chi connectivity index (χ1n) is 9.24. The fourth-order valence-electron chi connectivity index (χ4n) is 2.90. The van der Waals surface area contributed by atoms with E-state index in [1.807, 2.05) is 34.6 Å². The number of fused-ring (bicyclic) bond motifs is 1. The van der Waals surface area contributed by atoms with Gasteiger partial charge in [-0.1, -0.05) is 43.4 Å². The number of nitrogens with zero attached hydrogens (tertiary/aromatic N) is 3. The minimum absolute atomic E-state index is 0. The largest absolute Gasteiger partial charge is 0.302 e. The van der Waals surface area contributed by atoms with Gasteiger partial charge in [0.25, 0.3) is 5.91 Å². The molecule has 1 amide bonds. The molecule has 0 bridgehead atoms. The number of carbonyl (C=O) groups is 1. The zero-order chi connectivity index (χ0) is 19.2. The highest BCUT2D eigenvalue weighted by Crippen LogP contribution is 2.30. The second-order valence-corrected chi connectivity index (χ2v) is 8.27. The number of anilines is 1. The van der Waals surface area contributed by atoms with Gasteiger partial charge in [0.1, 0.15) is 0 Å². The zero-order valence-corrected chi connectivity index (χ0v) is 18.9. The highest BCUT2D eigenvalue weighted by Gasteiger charge is 2.19. The van der Waals surface area contributed by atoms with Crippen molar-refractivity contribution < 1.29 is 4.79 Å². The van der Waals surface area contributed by atoms with Crippen LogP contribution in [0.1, 0.15) is 24.3 Å². The number of rotatable bonds is 8. The molecule has 150 valence electrons. The molecule has 0 aliphatic rings. The van der Waals surface area contributed by atoms with Crippen LogP contribution in [0.5, 0.6) is 0 Å². The molecule has 2 aromatic heterocycles. The Kier molecular flexibility index (Phi) is 8.63. The van der Waals surface area contributed by atoms with E-state index in [0.717, 1.165) is 45.4 Å². The van der Waals surface area contributed by atoms with Gasteiger partial charge in [-0.3, -0.25) is 9.69 Å². The Balaban J connectivity index is 0.00000280. The molecule has 0 N–H and O–H groups in total. The van der Waals surface area contributed by atoms with Gasteiger partial charge in [0, 0.05) is 24.0 Å². The quantitative estimate of drug-likeness (QED) is 0.440. The first-order valence-corrected chi connectivity index (χ1v) is 10.9. The van der Waals surface area contributed by atoms with E-state index in [0.29, 0.717) is 6.54 Å². The van der Waals surface area contributed by atoms with Crippen molar-refractivity contribution in [2.24, 2.45) is 0 Å². The first kappa shape index (κ1) is 22.6. The Morgan fingerprint density at radius 1 is 1.14 bits per heavy atom. The summed E-state index contributed by atoms with van der Waals surface area (Å²) in [5.74, 6) is -0.0211. The molecule has 0 saturated carbocycles. The third kappa shape index (κ3) is 5.41. The van der Waals surface area contributed by atoms with Gasteiger partial charge in [0.15, 0.2) is 5.13 Å². The first-order chi connectivity index (χ1) is 13.1. The standard InChI is InChI=1S/C21H25N3OS2.ClH/c1-4-23(5-2)13-14-24(19(25)12-11-17-9-7-15-26-17)21-22-20-16(3)8-6-10-18(20)27-21;/h6-12,15H,4-5,13-14H2,1-3H3;1H. The summed E-state index contributed by atoms with van der Waals surface area (Å²) in [6, 6.07) is 10.2. The zero-order valence-electron chi connectivity index (χ0n) is 16.4. The Labute approximate surface area is 180 Å². The van der Waals surface area contributed by atoms with Crippen molar-refractivity contribution in [2.45, 2.75) is 20.8 Å². The molecule has 0 radical (unpaired) electrons. The van der Waals surface area contributed by atoms with Crippen LogP contribution in [0, 0.1) is 6.92 Å². The molecule has 0 unspecified atom stereocenters. The number of para-hydroxylation sites is 1. The maximum atomic E-state index is 13.0. The third-order valence-corrected chi connectivity index (χ3v) is 6.46. The number of thiazole rings is 1. The van der Waals surface area contributed by atoms with E-state index in [9.17, 15) is 4.79 Å². The Bertz CT molecular complexity index is 917. The predicted molar refractivity (Wildman–Crippen MR) is 125 cm³/mol. The van der Waals surface area contributed by atoms with Crippen LogP contribution in [0.4, 0.5) is 5.13 Å². The Morgan fingerprint density at radius 3 is 2.57 bits per heavy atom. The summed E-state index contributed by atoms with van der Waals surface area (Å²) in [6.45, 7) is 9.77. The number of carbonyl (C=O) groups excluding carboxylic acids is 1. The maximum Gasteiger partial charge on any atom is 0.252 e. The third-order valence-electron chi connectivity index (χ3n) is 4.57. The summed E-state index contributed by atoms with van der Waals surface area (Å²) in [7, 11) is 0. The van der Waals surface area contributed by atoms with Crippen LogP contribution < -0.4 is 4.90 Å². The van der Waals surface area contributed by atoms with E-state index in [1.165, 1.54) is 0 Å². The van der Waals surface area contributed by atoms with Crippen LogP contribution in [0.25, 0.3) is 16.3 Å². The molecule has 3 aromatic rings. The predicted octanol–water partition coefficient (Wildman–Crippen LogP) is 5.48. The molecular weight excluding hydrogens is 410 g/mol. The van der Waals surface area contributed by atoms with E-state index in [4.69, 9.17) is 4.98 Å². The highest BCUT2D eigenvalue weighted by atomic mass is 35.5. The number of aromatic nitrogens is 1. The lowest BCUT2D eigenvalue weighted by atomic mass is 10.2. The molecule has 4 nitrogen and oxygen atoms in total. The molecule has 0 atom stereocenters. The average Bonchev–Trinajstić information content (AvgIpc) is 3.33. The van der Waals surface area contributed by atoms with Crippen molar-refractivity contribution in [3.63, 3.8) is 0 Å². The number of hydrogen-bond donors (Lipinski definition) is 0. The molecule has 0 spiro atoms. The van der Waals surface area contributed by atoms with Crippen molar-refractivity contribution >= 4 is 62.4 Å². The van der Waals surface area contributed by atoms with Crippen LogP contribution in [-0.4, -0.2) is 42.0 Å². The molecule has 0 aliphatic heterocycles. The van der Waals surface area contributed by atoms with Crippen LogP contribution in [0.3, 0.4) is 0 Å². The topological polar surface area (TPSA) is 36.4 Å². The lowest BCUT2D eigenvalue weighted by Crippen LogP contribution is -2.38. The van der Waals surface area contributed by atoms with Gasteiger partial charge in [-0.15, -0.1) is 23.7 Å². The van der Waals surface area contributed by atoms with Gasteiger partial charge in [-0.2, -0.15) is 0 Å². The molecule has 0 saturated heterocycles. The molecule has 28 heavy (non-hydrogen) atoms. The van der Waals surface area contributed by atoms with Crippen LogP contribution >= 0.6 is 35.1 Å². The van der Waals surface area contributed by atoms with Crippen molar-refractivity contribution in [3.05, 3.63) is 52.2 Å². The van der Waals surface area contributed by atoms with Gasteiger partial charge in [0.05, 0.1) is 10.2 Å². The molecule has 0 aliphatic carbocycles. The van der Waals surface area contributed by atoms with Crippen molar-refractivity contribution in [1.29, 1.82) is 0 Å². The smallest absolute Gasteiger partial charge is 0.252 e. The van der Waals surface area contributed by atoms with Crippen molar-refractivity contribution in [2.75, 3.05) is 31.1 Å². The molecule has 7 heteroatoms. The number of benzene rings is 1. The molecular formula is C21H26ClN3OS2. The fourth-order valence-corrected chi connectivity index (χ4v) is 4.59. The van der Waals surface area contributed by atoms with E-state index < -0.39 is 0 Å².